The minimum absolute atomic E-state index is 0.0652. The van der Waals surface area contributed by atoms with Crippen molar-refractivity contribution in [3.8, 4) is 6.07 Å². The van der Waals surface area contributed by atoms with E-state index in [9.17, 15) is 20.2 Å². The quantitative estimate of drug-likeness (QED) is 0.574. The van der Waals surface area contributed by atoms with Crippen molar-refractivity contribution in [1.82, 2.24) is 0 Å². The van der Waals surface area contributed by atoms with Crippen molar-refractivity contribution in [2.24, 2.45) is 16.3 Å². The van der Waals surface area contributed by atoms with Gasteiger partial charge in [0.1, 0.15) is 5.92 Å². The number of allylic oxidation sites excluding steroid dienone is 2. The molecule has 0 aromatic heterocycles. The van der Waals surface area contributed by atoms with Crippen LogP contribution in [0.15, 0.2) is 40.5 Å². The summed E-state index contributed by atoms with van der Waals surface area (Å²) in [6.07, 6.45) is 2.81. The van der Waals surface area contributed by atoms with Gasteiger partial charge in [-0.05, 0) is 18.1 Å². The van der Waals surface area contributed by atoms with Crippen molar-refractivity contribution in [3.63, 3.8) is 0 Å². The zero-order chi connectivity index (χ0) is 19.1. The molecule has 0 amide bonds. The van der Waals surface area contributed by atoms with E-state index in [1.54, 1.807) is 18.2 Å². The second kappa shape index (κ2) is 6.69. The van der Waals surface area contributed by atoms with Crippen LogP contribution >= 0.6 is 11.8 Å². The number of carbonyl (C=O) groups excluding carboxylic acids is 1. The van der Waals surface area contributed by atoms with Gasteiger partial charge in [0.25, 0.3) is 5.69 Å². The van der Waals surface area contributed by atoms with E-state index < -0.39 is 16.8 Å². The number of para-hydroxylation sites is 1. The van der Waals surface area contributed by atoms with Gasteiger partial charge in [0.05, 0.1) is 16.0 Å². The number of thioether (sulfide) groups is 1. The third kappa shape index (κ3) is 3.06. The van der Waals surface area contributed by atoms with Crippen LogP contribution in [-0.2, 0) is 4.79 Å². The van der Waals surface area contributed by atoms with Gasteiger partial charge in [-0.3, -0.25) is 14.9 Å². The summed E-state index contributed by atoms with van der Waals surface area (Å²) in [5, 5.41) is 21.9. The van der Waals surface area contributed by atoms with Crippen molar-refractivity contribution < 1.29 is 9.72 Å². The zero-order valence-corrected chi connectivity index (χ0v) is 15.7. The fourth-order valence-corrected chi connectivity index (χ4v) is 4.46. The molecule has 26 heavy (non-hydrogen) atoms. The van der Waals surface area contributed by atoms with Crippen molar-refractivity contribution in [2.45, 2.75) is 32.6 Å². The molecule has 0 saturated heterocycles. The number of nitrogens with zero attached hydrogens (tertiary/aromatic N) is 3. The highest BCUT2D eigenvalue weighted by atomic mass is 32.2. The molecule has 1 aliphatic heterocycles. The maximum Gasteiger partial charge on any atom is 0.273 e. The van der Waals surface area contributed by atoms with Crippen LogP contribution in [0.1, 0.15) is 38.2 Å². The lowest BCUT2D eigenvalue weighted by Gasteiger charge is -2.37. The minimum atomic E-state index is -0.699. The molecule has 0 N–H and O–H groups in total. The highest BCUT2D eigenvalue weighted by Gasteiger charge is 2.45. The Hall–Kier alpha value is -2.46. The Bertz CT molecular complexity index is 896. The summed E-state index contributed by atoms with van der Waals surface area (Å²) in [5.74, 6) is -1.42. The number of nitro groups is 1. The summed E-state index contributed by atoms with van der Waals surface area (Å²) in [6, 6.07) is 8.60. The highest BCUT2D eigenvalue weighted by molar-refractivity contribution is 8.13. The fourth-order valence-electron chi connectivity index (χ4n) is 3.82. The topological polar surface area (TPSA) is 96.4 Å². The molecule has 1 aromatic rings. The molecule has 0 fully saturated rings. The van der Waals surface area contributed by atoms with Crippen LogP contribution < -0.4 is 0 Å². The van der Waals surface area contributed by atoms with E-state index in [4.69, 9.17) is 0 Å². The van der Waals surface area contributed by atoms with E-state index in [0.717, 1.165) is 0 Å². The van der Waals surface area contributed by atoms with Gasteiger partial charge in [-0.2, -0.15) is 5.26 Å². The van der Waals surface area contributed by atoms with E-state index >= 15 is 0 Å². The molecule has 0 bridgehead atoms. The van der Waals surface area contributed by atoms with Crippen molar-refractivity contribution in [2.75, 3.05) is 6.26 Å². The third-order valence-corrected chi connectivity index (χ3v) is 5.63. The summed E-state index contributed by atoms with van der Waals surface area (Å²) in [7, 11) is 0. The lowest BCUT2D eigenvalue weighted by atomic mass is 9.68. The van der Waals surface area contributed by atoms with E-state index in [1.807, 2.05) is 20.1 Å². The lowest BCUT2D eigenvalue weighted by molar-refractivity contribution is -0.385. The number of Topliss-reactive ketones (excluding diaryl/α,β-unsaturated/α-hetero) is 1. The van der Waals surface area contributed by atoms with Crippen LogP contribution in [0, 0.1) is 32.8 Å². The van der Waals surface area contributed by atoms with Gasteiger partial charge in [0, 0.05) is 35.2 Å². The van der Waals surface area contributed by atoms with E-state index in [-0.39, 0.29) is 16.9 Å². The number of nitriles is 1. The number of rotatable bonds is 2. The fraction of sp³-hybridized carbons (Fsp3) is 0.421. The van der Waals surface area contributed by atoms with E-state index in [1.165, 1.54) is 17.8 Å². The molecule has 7 heteroatoms. The third-order valence-electron chi connectivity index (χ3n) is 4.87. The molecular weight excluding hydrogens is 350 g/mol. The average molecular weight is 369 g/mol. The number of benzene rings is 1. The van der Waals surface area contributed by atoms with Crippen LogP contribution in [0.25, 0.3) is 0 Å². The Morgan fingerprint density at radius 1 is 1.35 bits per heavy atom. The number of hydrogen-bond donors (Lipinski definition) is 0. The number of carbonyl (C=O) groups is 1. The number of ketones is 1. The van der Waals surface area contributed by atoms with Gasteiger partial charge in [-0.1, -0.05) is 32.0 Å². The van der Waals surface area contributed by atoms with Crippen LogP contribution in [0.5, 0.6) is 0 Å². The van der Waals surface area contributed by atoms with E-state index in [2.05, 4.69) is 11.1 Å². The Morgan fingerprint density at radius 2 is 2.04 bits per heavy atom. The van der Waals surface area contributed by atoms with Crippen molar-refractivity contribution in [1.29, 1.82) is 5.26 Å². The van der Waals surface area contributed by atoms with Crippen LogP contribution in [0.2, 0.25) is 0 Å². The molecule has 0 radical (unpaired) electrons. The molecule has 0 saturated carbocycles. The monoisotopic (exact) mass is 369 g/mol. The molecule has 1 aromatic carbocycles. The number of hydrogen-bond acceptors (Lipinski definition) is 6. The standard InChI is InChI=1S/C19H19N3O3S/c1-19(2)8-13-17(15(23)9-19)16(12(10-20)18(21-13)26-3)11-6-4-5-7-14(11)22(24)25/h4-7,12,16H,8-9H2,1-3H3. The van der Waals surface area contributed by atoms with Crippen LogP contribution in [0.4, 0.5) is 5.69 Å². The predicted octanol–water partition coefficient (Wildman–Crippen LogP) is 4.24. The molecule has 3 rings (SSSR count). The molecule has 2 atom stereocenters. The summed E-state index contributed by atoms with van der Waals surface area (Å²) in [5.41, 5.74) is 1.28. The molecule has 2 unspecified atom stereocenters. The van der Waals surface area contributed by atoms with Gasteiger partial charge < -0.3 is 0 Å². The van der Waals surface area contributed by atoms with Gasteiger partial charge in [0.15, 0.2) is 5.78 Å². The van der Waals surface area contributed by atoms with Crippen LogP contribution in [-0.4, -0.2) is 22.0 Å². The second-order valence-electron chi connectivity index (χ2n) is 7.36. The first-order valence-electron chi connectivity index (χ1n) is 8.31. The van der Waals surface area contributed by atoms with E-state index in [0.29, 0.717) is 34.7 Å². The van der Waals surface area contributed by atoms with Crippen molar-refractivity contribution >= 4 is 28.3 Å². The first-order chi connectivity index (χ1) is 12.3. The molecule has 0 spiro atoms. The summed E-state index contributed by atoms with van der Waals surface area (Å²) < 4.78 is 0. The summed E-state index contributed by atoms with van der Waals surface area (Å²) in [4.78, 5) is 28.7. The second-order valence-corrected chi connectivity index (χ2v) is 8.18. The highest BCUT2D eigenvalue weighted by Crippen LogP contribution is 2.49. The lowest BCUT2D eigenvalue weighted by Crippen LogP contribution is -2.35. The summed E-state index contributed by atoms with van der Waals surface area (Å²) in [6.45, 7) is 4.03. The Labute approximate surface area is 156 Å². The number of aliphatic imine (C=N–C) groups is 1. The molecule has 2 aliphatic rings. The Kier molecular flexibility index (Phi) is 4.72. The SMILES string of the molecule is CSC1=NC2=C(C(=O)CC(C)(C)C2)C(c2ccccc2[N+](=O)[O-])C1C#N. The first-order valence-corrected chi connectivity index (χ1v) is 9.53. The smallest absolute Gasteiger partial charge is 0.273 e. The van der Waals surface area contributed by atoms with Gasteiger partial charge in [-0.25, -0.2) is 4.99 Å². The zero-order valence-electron chi connectivity index (χ0n) is 14.9. The Balaban J connectivity index is 2.27. The molecule has 1 aliphatic carbocycles. The predicted molar refractivity (Wildman–Crippen MR) is 101 cm³/mol. The average Bonchev–Trinajstić information content (AvgIpc) is 2.58. The molecule has 6 nitrogen and oxygen atoms in total. The molecule has 1 heterocycles. The first kappa shape index (κ1) is 18.3. The molecular formula is C19H19N3O3S. The van der Waals surface area contributed by atoms with Gasteiger partial charge in [0.2, 0.25) is 0 Å². The maximum absolute atomic E-state index is 13.0. The van der Waals surface area contributed by atoms with Crippen LogP contribution in [0.3, 0.4) is 0 Å². The maximum atomic E-state index is 13.0. The number of nitro benzene ring substituents is 1. The molecule has 134 valence electrons. The normalized spacial score (nSPS) is 24.5. The summed E-state index contributed by atoms with van der Waals surface area (Å²) >= 11 is 1.36. The van der Waals surface area contributed by atoms with Crippen molar-refractivity contribution in [3.05, 3.63) is 51.2 Å². The minimum Gasteiger partial charge on any atom is -0.294 e. The largest absolute Gasteiger partial charge is 0.294 e. The van der Waals surface area contributed by atoms with Gasteiger partial charge >= 0.3 is 0 Å². The van der Waals surface area contributed by atoms with Gasteiger partial charge in [-0.15, -0.1) is 11.8 Å². The Morgan fingerprint density at radius 3 is 2.65 bits per heavy atom.